The molecule has 0 aliphatic heterocycles. The molecule has 148 valence electrons. The number of fused-ring (bicyclic) bond motifs is 2. The summed E-state index contributed by atoms with van der Waals surface area (Å²) in [5, 5.41) is 3.52. The molecule has 0 saturated heterocycles. The number of halogens is 2. The summed E-state index contributed by atoms with van der Waals surface area (Å²) in [6.07, 6.45) is 3.53. The largest absolute Gasteiger partial charge is 0.375 e. The topological polar surface area (TPSA) is 83.8 Å². The minimum absolute atomic E-state index is 0.155. The van der Waals surface area contributed by atoms with Crippen LogP contribution in [0.3, 0.4) is 0 Å². The third-order valence-electron chi connectivity index (χ3n) is 4.70. The zero-order chi connectivity index (χ0) is 20.5. The van der Waals surface area contributed by atoms with E-state index in [1.807, 2.05) is 18.2 Å². The van der Waals surface area contributed by atoms with Crippen molar-refractivity contribution in [3.8, 4) is 0 Å². The van der Waals surface area contributed by atoms with Crippen molar-refractivity contribution in [2.45, 2.75) is 13.3 Å². The van der Waals surface area contributed by atoms with Crippen LogP contribution in [0.15, 0.2) is 36.4 Å². The zero-order valence-corrected chi connectivity index (χ0v) is 16.4. The molecule has 2 aromatic carbocycles. The second-order valence-electron chi connectivity index (χ2n) is 6.66. The molecule has 0 bridgehead atoms. The van der Waals surface area contributed by atoms with E-state index in [1.165, 1.54) is 17.4 Å². The van der Waals surface area contributed by atoms with Crippen LogP contribution in [0.25, 0.3) is 27.2 Å². The third kappa shape index (κ3) is 3.84. The van der Waals surface area contributed by atoms with Gasteiger partial charge in [0.15, 0.2) is 5.13 Å². The number of aromatic amines is 1. The summed E-state index contributed by atoms with van der Waals surface area (Å²) in [6.45, 7) is 2.07. The smallest absolute Gasteiger partial charge is 0.244 e. The van der Waals surface area contributed by atoms with Gasteiger partial charge in [0.2, 0.25) is 5.91 Å². The van der Waals surface area contributed by atoms with Crippen LogP contribution in [0, 0.1) is 18.6 Å². The van der Waals surface area contributed by atoms with Crippen molar-refractivity contribution in [3.63, 3.8) is 0 Å². The fraction of sp³-hybridized carbons (Fsp3) is 0.143. The fourth-order valence-electron chi connectivity index (χ4n) is 3.34. The van der Waals surface area contributed by atoms with E-state index in [-0.39, 0.29) is 16.8 Å². The Balaban J connectivity index is 1.41. The van der Waals surface area contributed by atoms with Gasteiger partial charge in [-0.1, -0.05) is 17.4 Å². The minimum atomic E-state index is -0.498. The van der Waals surface area contributed by atoms with Crippen molar-refractivity contribution >= 4 is 49.6 Å². The summed E-state index contributed by atoms with van der Waals surface area (Å²) in [6, 6.07) is 7.84. The van der Waals surface area contributed by atoms with Crippen LogP contribution in [0.4, 0.5) is 13.9 Å². The van der Waals surface area contributed by atoms with Crippen molar-refractivity contribution in [2.75, 3.05) is 12.3 Å². The molecule has 0 unspecified atom stereocenters. The maximum atomic E-state index is 14.2. The molecule has 0 fully saturated rings. The van der Waals surface area contributed by atoms with E-state index < -0.39 is 11.6 Å². The molecule has 0 saturated carbocycles. The van der Waals surface area contributed by atoms with Gasteiger partial charge in [0, 0.05) is 23.7 Å². The molecule has 4 rings (SSSR count). The lowest BCUT2D eigenvalue weighted by molar-refractivity contribution is -0.116. The van der Waals surface area contributed by atoms with Gasteiger partial charge in [-0.05, 0) is 54.8 Å². The maximum absolute atomic E-state index is 14.2. The molecule has 4 N–H and O–H groups in total. The lowest BCUT2D eigenvalue weighted by Crippen LogP contribution is -2.23. The predicted octanol–water partition coefficient (Wildman–Crippen LogP) is 4.32. The van der Waals surface area contributed by atoms with Crippen molar-refractivity contribution < 1.29 is 13.6 Å². The van der Waals surface area contributed by atoms with E-state index >= 15 is 0 Å². The molecule has 5 nitrogen and oxygen atoms in total. The van der Waals surface area contributed by atoms with Gasteiger partial charge in [-0.3, -0.25) is 4.79 Å². The Morgan fingerprint density at radius 2 is 2.07 bits per heavy atom. The van der Waals surface area contributed by atoms with Crippen LogP contribution < -0.4 is 11.1 Å². The van der Waals surface area contributed by atoms with Crippen molar-refractivity contribution in [2.24, 2.45) is 0 Å². The first kappa shape index (κ1) is 19.1. The van der Waals surface area contributed by atoms with Crippen molar-refractivity contribution in [1.29, 1.82) is 0 Å². The second kappa shape index (κ2) is 7.63. The Hall–Kier alpha value is -3.26. The molecule has 0 aliphatic rings. The lowest BCUT2D eigenvalue weighted by atomic mass is 10.1. The number of carbonyl (C=O) groups excluding carboxylic acids is 1. The van der Waals surface area contributed by atoms with Gasteiger partial charge in [0.05, 0.1) is 15.7 Å². The fourth-order valence-corrected chi connectivity index (χ4v) is 4.12. The number of aromatic nitrogens is 2. The van der Waals surface area contributed by atoms with Crippen LogP contribution in [-0.4, -0.2) is 22.4 Å². The highest BCUT2D eigenvalue weighted by atomic mass is 32.1. The van der Waals surface area contributed by atoms with E-state index in [2.05, 4.69) is 15.3 Å². The Morgan fingerprint density at radius 1 is 1.28 bits per heavy atom. The highest BCUT2D eigenvalue weighted by Gasteiger charge is 2.15. The zero-order valence-electron chi connectivity index (χ0n) is 15.6. The normalized spacial score (nSPS) is 11.7. The van der Waals surface area contributed by atoms with Crippen LogP contribution in [0.2, 0.25) is 0 Å². The Labute approximate surface area is 169 Å². The molecular formula is C21H18F2N4OS. The number of rotatable bonds is 5. The number of amides is 1. The summed E-state index contributed by atoms with van der Waals surface area (Å²) >= 11 is 1.39. The molecule has 0 spiro atoms. The predicted molar refractivity (Wildman–Crippen MR) is 113 cm³/mol. The Bertz CT molecular complexity index is 1260. The van der Waals surface area contributed by atoms with Crippen LogP contribution in [0.1, 0.15) is 16.8 Å². The molecule has 0 radical (unpaired) electrons. The number of hydrogen-bond acceptors (Lipinski definition) is 4. The van der Waals surface area contributed by atoms with Crippen molar-refractivity contribution in [1.82, 2.24) is 15.3 Å². The minimum Gasteiger partial charge on any atom is -0.375 e. The number of nitrogens with two attached hydrogens (primary N) is 1. The number of H-pyrrole nitrogens is 1. The van der Waals surface area contributed by atoms with Crippen LogP contribution in [0.5, 0.6) is 0 Å². The summed E-state index contributed by atoms with van der Waals surface area (Å²) < 4.78 is 29.0. The van der Waals surface area contributed by atoms with Gasteiger partial charge < -0.3 is 16.0 Å². The van der Waals surface area contributed by atoms with Crippen LogP contribution >= 0.6 is 11.3 Å². The molecule has 8 heteroatoms. The second-order valence-corrected chi connectivity index (χ2v) is 7.72. The van der Waals surface area contributed by atoms with Gasteiger partial charge >= 0.3 is 0 Å². The van der Waals surface area contributed by atoms with Gasteiger partial charge in [0.25, 0.3) is 0 Å². The third-order valence-corrected chi connectivity index (χ3v) is 5.55. The molecule has 2 heterocycles. The van der Waals surface area contributed by atoms with E-state index in [4.69, 9.17) is 5.73 Å². The standard InChI is InChI=1S/C21H18F2N4OS/c1-11-13(19-14(22)4-5-15(23)20(19)26-11)8-9-25-18(28)7-3-12-2-6-16-17(10-12)29-21(24)27-16/h2-7,10,26H,8-9H2,1H3,(H2,24,27)(H,25,28)/b7-3+. The van der Waals surface area contributed by atoms with E-state index in [0.717, 1.165) is 27.9 Å². The lowest BCUT2D eigenvalue weighted by Gasteiger charge is -2.04. The molecule has 29 heavy (non-hydrogen) atoms. The number of hydrogen-bond donors (Lipinski definition) is 3. The number of nitrogens with zero attached hydrogens (tertiary/aromatic N) is 1. The SMILES string of the molecule is Cc1[nH]c2c(F)ccc(F)c2c1CCNC(=O)/C=C/c1ccc2nc(N)sc2c1. The summed E-state index contributed by atoms with van der Waals surface area (Å²) in [5.74, 6) is -1.24. The van der Waals surface area contributed by atoms with Gasteiger partial charge in [-0.25, -0.2) is 13.8 Å². The molecule has 0 atom stereocenters. The maximum Gasteiger partial charge on any atom is 0.244 e. The summed E-state index contributed by atoms with van der Waals surface area (Å²) in [4.78, 5) is 19.2. The number of nitrogen functional groups attached to an aromatic ring is 1. The molecule has 1 amide bonds. The van der Waals surface area contributed by atoms with E-state index in [1.54, 1.807) is 13.0 Å². The van der Waals surface area contributed by atoms with E-state index in [0.29, 0.717) is 29.4 Å². The summed E-state index contributed by atoms with van der Waals surface area (Å²) in [5.41, 5.74) is 8.89. The van der Waals surface area contributed by atoms with Gasteiger partial charge in [-0.15, -0.1) is 0 Å². The number of nitrogens with one attached hydrogen (secondary N) is 2. The van der Waals surface area contributed by atoms with E-state index in [9.17, 15) is 13.6 Å². The first-order valence-corrected chi connectivity index (χ1v) is 9.81. The van der Waals surface area contributed by atoms with Gasteiger partial charge in [-0.2, -0.15) is 0 Å². The highest BCUT2D eigenvalue weighted by Crippen LogP contribution is 2.27. The van der Waals surface area contributed by atoms with Crippen molar-refractivity contribution in [3.05, 3.63) is 64.9 Å². The quantitative estimate of drug-likeness (QED) is 0.427. The molecule has 4 aromatic rings. The number of anilines is 1. The summed E-state index contributed by atoms with van der Waals surface area (Å²) in [7, 11) is 0. The number of thiazole rings is 1. The number of aryl methyl sites for hydroxylation is 1. The number of benzene rings is 2. The Morgan fingerprint density at radius 3 is 2.90 bits per heavy atom. The molecule has 0 aliphatic carbocycles. The average Bonchev–Trinajstić information content (AvgIpc) is 3.22. The first-order valence-electron chi connectivity index (χ1n) is 8.99. The first-order chi connectivity index (χ1) is 13.9. The monoisotopic (exact) mass is 412 g/mol. The average molecular weight is 412 g/mol. The van der Waals surface area contributed by atoms with Crippen LogP contribution in [-0.2, 0) is 11.2 Å². The molecular weight excluding hydrogens is 394 g/mol. The Kier molecular flexibility index (Phi) is 5.02. The highest BCUT2D eigenvalue weighted by molar-refractivity contribution is 7.22. The van der Waals surface area contributed by atoms with Gasteiger partial charge in [0.1, 0.15) is 11.6 Å². The number of carbonyl (C=O) groups is 1. The molecule has 2 aromatic heterocycles.